The summed E-state index contributed by atoms with van der Waals surface area (Å²) in [7, 11) is 0. The van der Waals surface area contributed by atoms with Gasteiger partial charge in [0.1, 0.15) is 0 Å². The van der Waals surface area contributed by atoms with Gasteiger partial charge in [0, 0.05) is 17.4 Å². The summed E-state index contributed by atoms with van der Waals surface area (Å²) in [6.07, 6.45) is 3.64. The molecule has 1 aliphatic rings. The Hall–Kier alpha value is -1.82. The monoisotopic (exact) mass is 400 g/mol. The number of aromatic nitrogens is 2. The van der Waals surface area contributed by atoms with Crippen LogP contribution in [-0.4, -0.2) is 28.0 Å². The fourth-order valence-corrected chi connectivity index (χ4v) is 4.47. The molecular weight excluding hydrogens is 380 g/mol. The molecular formula is C21H21ClN2O2S. The van der Waals surface area contributed by atoms with Gasteiger partial charge in [-0.25, -0.2) is 4.98 Å². The zero-order chi connectivity index (χ0) is 18.6. The van der Waals surface area contributed by atoms with Crippen LogP contribution in [0.2, 0.25) is 5.02 Å². The van der Waals surface area contributed by atoms with Crippen molar-refractivity contribution in [1.29, 1.82) is 0 Å². The maximum atomic E-state index is 13.1. The van der Waals surface area contributed by atoms with Crippen LogP contribution < -0.4 is 5.56 Å². The number of thioether (sulfide) groups is 1. The van der Waals surface area contributed by atoms with E-state index in [9.17, 15) is 4.79 Å². The molecule has 0 bridgehead atoms. The predicted octanol–water partition coefficient (Wildman–Crippen LogP) is 4.76. The van der Waals surface area contributed by atoms with Crippen LogP contribution in [0.3, 0.4) is 0 Å². The number of para-hydroxylation sites is 1. The molecule has 0 spiro atoms. The minimum atomic E-state index is -0.0115. The molecule has 140 valence electrons. The van der Waals surface area contributed by atoms with E-state index in [0.717, 1.165) is 41.4 Å². The van der Waals surface area contributed by atoms with Gasteiger partial charge in [-0.05, 0) is 49.1 Å². The van der Waals surface area contributed by atoms with E-state index < -0.39 is 0 Å². The Morgan fingerprint density at radius 2 is 1.96 bits per heavy atom. The summed E-state index contributed by atoms with van der Waals surface area (Å²) < 4.78 is 7.60. The number of nitrogens with zero attached hydrogens (tertiary/aromatic N) is 2. The SMILES string of the molecule is O=c1c2ccccc2nc(SC[C@H]2CCCCO2)n1Cc1ccc(Cl)cc1. The van der Waals surface area contributed by atoms with Crippen LogP contribution in [0, 0.1) is 0 Å². The Kier molecular flexibility index (Phi) is 5.81. The van der Waals surface area contributed by atoms with Crippen molar-refractivity contribution in [3.63, 3.8) is 0 Å². The molecule has 1 atom stereocenters. The molecule has 0 saturated carbocycles. The average Bonchev–Trinajstić information content (AvgIpc) is 2.71. The van der Waals surface area contributed by atoms with Gasteiger partial charge in [0.15, 0.2) is 5.16 Å². The summed E-state index contributed by atoms with van der Waals surface area (Å²) in [4.78, 5) is 17.9. The first-order chi connectivity index (χ1) is 13.2. The van der Waals surface area contributed by atoms with Crippen LogP contribution in [0.15, 0.2) is 58.5 Å². The summed E-state index contributed by atoms with van der Waals surface area (Å²) in [6, 6.07) is 15.1. The second-order valence-electron chi connectivity index (χ2n) is 6.73. The van der Waals surface area contributed by atoms with Gasteiger partial charge in [0.2, 0.25) is 0 Å². The fraction of sp³-hybridized carbons (Fsp3) is 0.333. The zero-order valence-electron chi connectivity index (χ0n) is 14.9. The third-order valence-corrected chi connectivity index (χ3v) is 6.11. The molecule has 2 aromatic carbocycles. The normalized spacial score (nSPS) is 17.3. The van der Waals surface area contributed by atoms with Gasteiger partial charge in [-0.1, -0.05) is 47.6 Å². The Bertz CT molecular complexity index is 982. The van der Waals surface area contributed by atoms with E-state index in [4.69, 9.17) is 21.3 Å². The van der Waals surface area contributed by atoms with Gasteiger partial charge in [0.25, 0.3) is 5.56 Å². The summed E-state index contributed by atoms with van der Waals surface area (Å²) in [5.74, 6) is 0.811. The molecule has 4 nitrogen and oxygen atoms in total. The van der Waals surface area contributed by atoms with Crippen molar-refractivity contribution < 1.29 is 4.74 Å². The minimum absolute atomic E-state index is 0.0115. The van der Waals surface area contributed by atoms with E-state index in [2.05, 4.69) is 0 Å². The number of benzene rings is 2. The van der Waals surface area contributed by atoms with Crippen molar-refractivity contribution in [1.82, 2.24) is 9.55 Å². The standard InChI is InChI=1S/C21H21ClN2O2S/c22-16-10-8-15(9-11-16)13-24-20(25)18-6-1-2-7-19(18)23-21(24)27-14-17-5-3-4-12-26-17/h1-2,6-11,17H,3-5,12-14H2/t17-/m1/s1. The largest absolute Gasteiger partial charge is 0.377 e. The Labute approximate surface area is 167 Å². The summed E-state index contributed by atoms with van der Waals surface area (Å²) in [6.45, 7) is 1.30. The minimum Gasteiger partial charge on any atom is -0.377 e. The van der Waals surface area contributed by atoms with E-state index in [0.29, 0.717) is 17.0 Å². The van der Waals surface area contributed by atoms with Crippen LogP contribution in [0.4, 0.5) is 0 Å². The van der Waals surface area contributed by atoms with E-state index in [1.54, 1.807) is 16.3 Å². The van der Waals surface area contributed by atoms with Crippen LogP contribution >= 0.6 is 23.4 Å². The van der Waals surface area contributed by atoms with E-state index in [1.807, 2.05) is 48.5 Å². The van der Waals surface area contributed by atoms with Gasteiger partial charge < -0.3 is 4.74 Å². The number of halogens is 1. The lowest BCUT2D eigenvalue weighted by Gasteiger charge is -2.22. The zero-order valence-corrected chi connectivity index (χ0v) is 16.5. The second kappa shape index (κ2) is 8.46. The molecule has 1 saturated heterocycles. The molecule has 1 aromatic heterocycles. The first kappa shape index (κ1) is 18.5. The number of hydrogen-bond donors (Lipinski definition) is 0. The fourth-order valence-electron chi connectivity index (χ4n) is 3.28. The maximum absolute atomic E-state index is 13.1. The predicted molar refractivity (Wildman–Crippen MR) is 111 cm³/mol. The lowest BCUT2D eigenvalue weighted by molar-refractivity contribution is 0.0315. The lowest BCUT2D eigenvalue weighted by atomic mass is 10.1. The van der Waals surface area contributed by atoms with Crippen molar-refractivity contribution in [3.05, 3.63) is 69.5 Å². The van der Waals surface area contributed by atoms with Crippen molar-refractivity contribution in [2.45, 2.75) is 37.1 Å². The van der Waals surface area contributed by atoms with Crippen molar-refractivity contribution in [2.75, 3.05) is 12.4 Å². The average molecular weight is 401 g/mol. The number of fused-ring (bicyclic) bond motifs is 1. The topological polar surface area (TPSA) is 44.1 Å². The molecule has 6 heteroatoms. The first-order valence-electron chi connectivity index (χ1n) is 9.19. The maximum Gasteiger partial charge on any atom is 0.262 e. The van der Waals surface area contributed by atoms with Crippen molar-refractivity contribution in [2.24, 2.45) is 0 Å². The van der Waals surface area contributed by atoms with Crippen LogP contribution in [-0.2, 0) is 11.3 Å². The molecule has 2 heterocycles. The van der Waals surface area contributed by atoms with Crippen LogP contribution in [0.5, 0.6) is 0 Å². The summed E-state index contributed by atoms with van der Waals surface area (Å²) in [5, 5.41) is 2.07. The molecule has 4 rings (SSSR count). The van der Waals surface area contributed by atoms with E-state index >= 15 is 0 Å². The van der Waals surface area contributed by atoms with Gasteiger partial charge in [-0.3, -0.25) is 9.36 Å². The molecule has 0 N–H and O–H groups in total. The highest BCUT2D eigenvalue weighted by Gasteiger charge is 2.17. The highest BCUT2D eigenvalue weighted by molar-refractivity contribution is 7.99. The summed E-state index contributed by atoms with van der Waals surface area (Å²) >= 11 is 7.60. The Balaban J connectivity index is 1.68. The van der Waals surface area contributed by atoms with Gasteiger partial charge in [-0.2, -0.15) is 0 Å². The van der Waals surface area contributed by atoms with Gasteiger partial charge in [-0.15, -0.1) is 0 Å². The first-order valence-corrected chi connectivity index (χ1v) is 10.6. The molecule has 1 fully saturated rings. The second-order valence-corrected chi connectivity index (χ2v) is 8.15. The quantitative estimate of drug-likeness (QED) is 0.457. The van der Waals surface area contributed by atoms with Crippen molar-refractivity contribution in [3.8, 4) is 0 Å². The molecule has 1 aliphatic heterocycles. The smallest absolute Gasteiger partial charge is 0.262 e. The van der Waals surface area contributed by atoms with Gasteiger partial charge in [0.05, 0.1) is 23.6 Å². The lowest BCUT2D eigenvalue weighted by Crippen LogP contribution is -2.26. The third-order valence-electron chi connectivity index (χ3n) is 4.75. The van der Waals surface area contributed by atoms with E-state index in [1.165, 1.54) is 6.42 Å². The van der Waals surface area contributed by atoms with Crippen LogP contribution in [0.25, 0.3) is 10.9 Å². The molecule has 3 aromatic rings. The Morgan fingerprint density at radius 3 is 2.74 bits per heavy atom. The van der Waals surface area contributed by atoms with Crippen LogP contribution in [0.1, 0.15) is 24.8 Å². The third kappa shape index (κ3) is 4.37. The molecule has 0 aliphatic carbocycles. The molecule has 0 amide bonds. The van der Waals surface area contributed by atoms with E-state index in [-0.39, 0.29) is 11.7 Å². The highest BCUT2D eigenvalue weighted by Crippen LogP contribution is 2.24. The molecule has 27 heavy (non-hydrogen) atoms. The summed E-state index contributed by atoms with van der Waals surface area (Å²) in [5.41, 5.74) is 1.75. The Morgan fingerprint density at radius 1 is 1.15 bits per heavy atom. The number of rotatable bonds is 5. The molecule has 0 unspecified atom stereocenters. The van der Waals surface area contributed by atoms with Crippen molar-refractivity contribution >= 4 is 34.3 Å². The highest BCUT2D eigenvalue weighted by atomic mass is 35.5. The molecule has 0 radical (unpaired) electrons. The number of ether oxygens (including phenoxy) is 1. The van der Waals surface area contributed by atoms with Gasteiger partial charge >= 0.3 is 0 Å². The number of hydrogen-bond acceptors (Lipinski definition) is 4.